The quantitative estimate of drug-likeness (QED) is 0.536. The number of rotatable bonds is 5. The zero-order valence-electron chi connectivity index (χ0n) is 21.2. The lowest BCUT2D eigenvalue weighted by Crippen LogP contribution is -2.57. The molecule has 1 aliphatic carbocycles. The van der Waals surface area contributed by atoms with Crippen molar-refractivity contribution in [2.75, 3.05) is 7.11 Å². The number of hydrogen-bond donors (Lipinski definition) is 2. The fourth-order valence-corrected chi connectivity index (χ4v) is 6.18. The molecule has 2 N–H and O–H groups in total. The summed E-state index contributed by atoms with van der Waals surface area (Å²) in [6.45, 7) is 12.5. The molecule has 4 rings (SSSR count). The Hall–Kier alpha value is -1.98. The number of fused-ring (bicyclic) bond motifs is 2. The Labute approximate surface area is 198 Å². The number of aromatic hydroxyl groups is 1. The molecule has 4 atom stereocenters. The molecule has 1 spiro atoms. The van der Waals surface area contributed by atoms with Crippen molar-refractivity contribution in [1.29, 1.82) is 0 Å². The predicted octanol–water partition coefficient (Wildman–Crippen LogP) is 5.95. The molecule has 182 valence electrons. The van der Waals surface area contributed by atoms with E-state index in [0.29, 0.717) is 25.0 Å². The number of methoxy groups -OCH3 is 1. The third kappa shape index (κ3) is 3.87. The molecule has 1 aromatic rings. The van der Waals surface area contributed by atoms with Crippen molar-refractivity contribution in [2.24, 2.45) is 10.8 Å². The first-order valence-corrected chi connectivity index (χ1v) is 12.2. The lowest BCUT2D eigenvalue weighted by Gasteiger charge is -2.54. The molecular formula is C28H40O5. The van der Waals surface area contributed by atoms with Gasteiger partial charge in [-0.1, -0.05) is 31.9 Å². The van der Waals surface area contributed by atoms with E-state index in [1.807, 2.05) is 32.9 Å². The van der Waals surface area contributed by atoms with E-state index < -0.39 is 17.5 Å². The number of ether oxygens (including phenoxy) is 3. The molecule has 3 aliphatic rings. The molecule has 0 radical (unpaired) electrons. The van der Waals surface area contributed by atoms with E-state index in [1.165, 1.54) is 5.57 Å². The Bertz CT molecular complexity index is 992. The van der Waals surface area contributed by atoms with Crippen LogP contribution in [0.5, 0.6) is 11.5 Å². The van der Waals surface area contributed by atoms with Crippen LogP contribution in [0.4, 0.5) is 0 Å². The summed E-state index contributed by atoms with van der Waals surface area (Å²) in [5.41, 5.74) is 1.97. The summed E-state index contributed by atoms with van der Waals surface area (Å²) in [6.07, 6.45) is 8.93. The van der Waals surface area contributed by atoms with Gasteiger partial charge in [0, 0.05) is 29.2 Å². The first-order valence-electron chi connectivity index (χ1n) is 12.2. The van der Waals surface area contributed by atoms with Gasteiger partial charge in [-0.05, 0) is 70.7 Å². The summed E-state index contributed by atoms with van der Waals surface area (Å²) >= 11 is 0. The van der Waals surface area contributed by atoms with Crippen LogP contribution in [-0.4, -0.2) is 34.8 Å². The molecular weight excluding hydrogens is 416 g/mol. The SMILES string of the molecule is COc1cc(C)c(O)c(C/C=C(\C)CC2=C[C@@]3(C)CCC[C@@]3(C)[C@]3(CC(O)C(C)(C)O3)O2)c1. The van der Waals surface area contributed by atoms with E-state index in [-0.39, 0.29) is 10.8 Å². The van der Waals surface area contributed by atoms with E-state index >= 15 is 0 Å². The van der Waals surface area contributed by atoms with E-state index in [1.54, 1.807) is 7.11 Å². The van der Waals surface area contributed by atoms with Crippen LogP contribution in [0.25, 0.3) is 0 Å². The van der Waals surface area contributed by atoms with Gasteiger partial charge in [0.1, 0.15) is 17.3 Å². The average molecular weight is 457 g/mol. The van der Waals surface area contributed by atoms with Crippen LogP contribution in [0, 0.1) is 17.8 Å². The average Bonchev–Trinajstić information content (AvgIpc) is 3.16. The summed E-state index contributed by atoms with van der Waals surface area (Å²) in [7, 11) is 1.64. The topological polar surface area (TPSA) is 68.2 Å². The normalized spacial score (nSPS) is 35.3. The number of benzene rings is 1. The first kappa shape index (κ1) is 24.2. The standard InChI is InChI=1S/C28H40O5/c1-18(9-10-20-15-21(31-7)14-19(2)24(20)30)13-22-16-26(5)11-8-12-27(26,6)28(32-22)17-23(29)25(3,4)33-28/h9,14-16,23,29-30H,8,10-13,17H2,1-7H3/b18-9+/t23?,26-,27-,28-/m1/s1. The maximum Gasteiger partial charge on any atom is 0.219 e. The predicted molar refractivity (Wildman–Crippen MR) is 129 cm³/mol. The van der Waals surface area contributed by atoms with Crippen molar-refractivity contribution in [3.63, 3.8) is 0 Å². The molecule has 1 unspecified atom stereocenters. The molecule has 2 fully saturated rings. The summed E-state index contributed by atoms with van der Waals surface area (Å²) in [6, 6.07) is 3.73. The van der Waals surface area contributed by atoms with Crippen LogP contribution in [-0.2, 0) is 15.9 Å². The van der Waals surface area contributed by atoms with Gasteiger partial charge in [0.25, 0.3) is 0 Å². The van der Waals surface area contributed by atoms with E-state index in [9.17, 15) is 10.2 Å². The maximum atomic E-state index is 10.8. The Morgan fingerprint density at radius 2 is 1.94 bits per heavy atom. The second kappa shape index (κ2) is 8.06. The summed E-state index contributed by atoms with van der Waals surface area (Å²) in [4.78, 5) is 0. The molecule has 2 aliphatic heterocycles. The molecule has 0 bridgehead atoms. The minimum atomic E-state index is -0.812. The van der Waals surface area contributed by atoms with Crippen molar-refractivity contribution >= 4 is 0 Å². The molecule has 5 nitrogen and oxygen atoms in total. The minimum Gasteiger partial charge on any atom is -0.507 e. The van der Waals surface area contributed by atoms with Gasteiger partial charge in [-0.15, -0.1) is 0 Å². The third-order valence-corrected chi connectivity index (χ3v) is 8.65. The number of phenols is 1. The highest BCUT2D eigenvalue weighted by Crippen LogP contribution is 2.67. The largest absolute Gasteiger partial charge is 0.507 e. The molecule has 1 saturated heterocycles. The van der Waals surface area contributed by atoms with Crippen molar-refractivity contribution in [3.05, 3.63) is 46.7 Å². The molecule has 5 heteroatoms. The molecule has 2 heterocycles. The van der Waals surface area contributed by atoms with Crippen molar-refractivity contribution < 1.29 is 24.4 Å². The zero-order chi connectivity index (χ0) is 24.2. The zero-order valence-corrected chi connectivity index (χ0v) is 21.2. The van der Waals surface area contributed by atoms with Gasteiger partial charge in [-0.2, -0.15) is 0 Å². The van der Waals surface area contributed by atoms with Gasteiger partial charge in [-0.3, -0.25) is 0 Å². The number of allylic oxidation sites excluding steroid dienone is 3. The number of aliphatic hydroxyl groups excluding tert-OH is 1. The van der Waals surface area contributed by atoms with E-state index in [0.717, 1.165) is 41.9 Å². The number of hydrogen-bond acceptors (Lipinski definition) is 5. The van der Waals surface area contributed by atoms with E-state index in [2.05, 4.69) is 32.9 Å². The highest BCUT2D eigenvalue weighted by Gasteiger charge is 2.69. The van der Waals surface area contributed by atoms with Crippen LogP contribution in [0.15, 0.2) is 35.6 Å². The molecule has 33 heavy (non-hydrogen) atoms. The van der Waals surface area contributed by atoms with Crippen LogP contribution < -0.4 is 4.74 Å². The molecule has 0 amide bonds. The summed E-state index contributed by atoms with van der Waals surface area (Å²) in [5, 5.41) is 21.3. The number of aryl methyl sites for hydroxylation is 1. The van der Waals surface area contributed by atoms with Gasteiger partial charge < -0.3 is 24.4 Å². The van der Waals surface area contributed by atoms with Crippen LogP contribution in [0.2, 0.25) is 0 Å². The lowest BCUT2D eigenvalue weighted by molar-refractivity contribution is -0.309. The lowest BCUT2D eigenvalue weighted by atomic mass is 9.60. The second-order valence-corrected chi connectivity index (χ2v) is 11.4. The molecule has 1 saturated carbocycles. The number of aliphatic hydroxyl groups is 1. The highest BCUT2D eigenvalue weighted by atomic mass is 16.7. The Morgan fingerprint density at radius 1 is 1.21 bits per heavy atom. The number of phenolic OH excluding ortho intramolecular Hbond substituents is 1. The van der Waals surface area contributed by atoms with Crippen LogP contribution >= 0.6 is 0 Å². The van der Waals surface area contributed by atoms with Gasteiger partial charge in [0.2, 0.25) is 5.79 Å². The first-order chi connectivity index (χ1) is 15.3. The smallest absolute Gasteiger partial charge is 0.219 e. The Morgan fingerprint density at radius 3 is 2.58 bits per heavy atom. The highest BCUT2D eigenvalue weighted by molar-refractivity contribution is 5.46. The summed E-state index contributed by atoms with van der Waals surface area (Å²) < 4.78 is 18.6. The second-order valence-electron chi connectivity index (χ2n) is 11.4. The van der Waals surface area contributed by atoms with Gasteiger partial charge in [0.05, 0.1) is 18.8 Å². The fourth-order valence-electron chi connectivity index (χ4n) is 6.18. The van der Waals surface area contributed by atoms with Gasteiger partial charge in [-0.25, -0.2) is 0 Å². The van der Waals surface area contributed by atoms with Crippen LogP contribution in [0.3, 0.4) is 0 Å². The molecule has 1 aromatic carbocycles. The molecule has 0 aromatic heterocycles. The minimum absolute atomic E-state index is 0.0385. The third-order valence-electron chi connectivity index (χ3n) is 8.65. The van der Waals surface area contributed by atoms with Crippen LogP contribution in [0.1, 0.15) is 77.8 Å². The van der Waals surface area contributed by atoms with E-state index in [4.69, 9.17) is 14.2 Å². The van der Waals surface area contributed by atoms with Gasteiger partial charge >= 0.3 is 0 Å². The van der Waals surface area contributed by atoms with Crippen molar-refractivity contribution in [1.82, 2.24) is 0 Å². The van der Waals surface area contributed by atoms with Gasteiger partial charge in [0.15, 0.2) is 0 Å². The van der Waals surface area contributed by atoms with Crippen molar-refractivity contribution in [2.45, 2.75) is 97.6 Å². The Balaban J connectivity index is 1.59. The summed E-state index contributed by atoms with van der Waals surface area (Å²) in [5.74, 6) is 1.17. The maximum absolute atomic E-state index is 10.8. The monoisotopic (exact) mass is 456 g/mol. The van der Waals surface area contributed by atoms with Crippen molar-refractivity contribution in [3.8, 4) is 11.5 Å². The Kier molecular flexibility index (Phi) is 5.90. The fraction of sp³-hybridized carbons (Fsp3) is 0.643.